The molecule has 132 valence electrons. The Labute approximate surface area is 172 Å². The minimum Gasteiger partial charge on any atom is -0.497 e. The lowest BCUT2D eigenvalue weighted by molar-refractivity contribution is -0.125. The molecule has 2 aromatic carbocycles. The number of carbonyl (C=O) groups excluding carboxylic acids is 1. The van der Waals surface area contributed by atoms with E-state index in [0.29, 0.717) is 5.17 Å². The van der Waals surface area contributed by atoms with Gasteiger partial charge < -0.3 is 4.74 Å². The number of alkyl halides is 1. The van der Waals surface area contributed by atoms with Gasteiger partial charge in [-0.1, -0.05) is 67.9 Å². The number of fused-ring (bicyclic) bond motifs is 1. The van der Waals surface area contributed by atoms with Crippen LogP contribution in [0.15, 0.2) is 63.4 Å². The van der Waals surface area contributed by atoms with Gasteiger partial charge in [0.1, 0.15) is 10.6 Å². The molecule has 4 nitrogen and oxygen atoms in total. The van der Waals surface area contributed by atoms with Crippen LogP contribution >= 0.6 is 43.6 Å². The number of hydrogen-bond donors (Lipinski definition) is 0. The van der Waals surface area contributed by atoms with Gasteiger partial charge in [0.15, 0.2) is 5.17 Å². The van der Waals surface area contributed by atoms with Gasteiger partial charge >= 0.3 is 0 Å². The fraction of sp³-hybridized carbons (Fsp3) is 0.158. The summed E-state index contributed by atoms with van der Waals surface area (Å²) < 4.78 is 6.21. The summed E-state index contributed by atoms with van der Waals surface area (Å²) in [6.45, 7) is 0. The Balaban J connectivity index is 1.67. The summed E-state index contributed by atoms with van der Waals surface area (Å²) in [5.41, 5.74) is 2.83. The molecule has 0 aromatic heterocycles. The van der Waals surface area contributed by atoms with Crippen molar-refractivity contribution in [3.05, 3.63) is 69.5 Å². The van der Waals surface area contributed by atoms with Gasteiger partial charge in [0, 0.05) is 9.88 Å². The molecule has 7 heteroatoms. The van der Waals surface area contributed by atoms with Crippen LogP contribution in [0.2, 0.25) is 0 Å². The third kappa shape index (κ3) is 3.12. The fourth-order valence-electron chi connectivity index (χ4n) is 2.92. The molecule has 2 heterocycles. The molecule has 0 N–H and O–H groups in total. The van der Waals surface area contributed by atoms with Crippen LogP contribution in [0.25, 0.3) is 5.70 Å². The first kappa shape index (κ1) is 17.8. The Kier molecular flexibility index (Phi) is 4.94. The zero-order valence-corrected chi connectivity index (χ0v) is 17.7. The fourth-order valence-corrected chi connectivity index (χ4v) is 4.74. The van der Waals surface area contributed by atoms with E-state index < -0.39 is 4.83 Å². The number of ether oxygens (including phenoxy) is 1. The van der Waals surface area contributed by atoms with Crippen molar-refractivity contribution in [1.82, 2.24) is 4.90 Å². The highest BCUT2D eigenvalue weighted by Gasteiger charge is 2.42. The molecular weight excluding hydrogens is 480 g/mol. The van der Waals surface area contributed by atoms with E-state index in [0.717, 1.165) is 27.0 Å². The van der Waals surface area contributed by atoms with Crippen molar-refractivity contribution in [2.24, 2.45) is 4.99 Å². The summed E-state index contributed by atoms with van der Waals surface area (Å²) in [6, 6.07) is 15.3. The van der Waals surface area contributed by atoms with E-state index >= 15 is 0 Å². The number of hydrogen-bond acceptors (Lipinski definition) is 4. The number of methoxy groups -OCH3 is 1. The Hall–Kier alpha value is -1.57. The predicted octanol–water partition coefficient (Wildman–Crippen LogP) is 5.21. The SMILES string of the molecule is COc1ccc([C@@H]2N=C3SC=C(c4ccc(Br)cc4)N3C(=O)[C@@H]2Br)cc1. The Morgan fingerprint density at radius 2 is 1.81 bits per heavy atom. The molecule has 1 amide bonds. The number of carbonyl (C=O) groups is 1. The van der Waals surface area contributed by atoms with Crippen molar-refractivity contribution >= 4 is 60.4 Å². The van der Waals surface area contributed by atoms with Crippen molar-refractivity contribution in [1.29, 1.82) is 0 Å². The van der Waals surface area contributed by atoms with Gasteiger partial charge in [-0.05, 0) is 35.4 Å². The molecule has 2 atom stereocenters. The number of aliphatic imine (C=N–C) groups is 1. The molecule has 0 unspecified atom stereocenters. The van der Waals surface area contributed by atoms with Crippen LogP contribution in [0.1, 0.15) is 17.2 Å². The smallest absolute Gasteiger partial charge is 0.249 e. The molecule has 0 aliphatic carbocycles. The van der Waals surface area contributed by atoms with E-state index in [-0.39, 0.29) is 11.9 Å². The average molecular weight is 494 g/mol. The van der Waals surface area contributed by atoms with E-state index in [4.69, 9.17) is 9.73 Å². The summed E-state index contributed by atoms with van der Waals surface area (Å²) in [7, 11) is 1.63. The highest BCUT2D eigenvalue weighted by molar-refractivity contribution is 9.10. The number of nitrogens with zero attached hydrogens (tertiary/aromatic N) is 2. The number of amidine groups is 1. The highest BCUT2D eigenvalue weighted by atomic mass is 79.9. The van der Waals surface area contributed by atoms with Gasteiger partial charge in [0.2, 0.25) is 5.91 Å². The Morgan fingerprint density at radius 1 is 1.12 bits per heavy atom. The predicted molar refractivity (Wildman–Crippen MR) is 112 cm³/mol. The van der Waals surface area contributed by atoms with Gasteiger partial charge in [-0.25, -0.2) is 0 Å². The van der Waals surface area contributed by atoms with Gasteiger partial charge in [-0.2, -0.15) is 0 Å². The molecule has 0 saturated carbocycles. The summed E-state index contributed by atoms with van der Waals surface area (Å²) in [5.74, 6) is 0.778. The second kappa shape index (κ2) is 7.21. The number of rotatable bonds is 3. The summed E-state index contributed by atoms with van der Waals surface area (Å²) in [6.07, 6.45) is 0. The second-order valence-corrected chi connectivity index (χ2v) is 8.57. The molecule has 2 aromatic rings. The molecule has 0 fully saturated rings. The lowest BCUT2D eigenvalue weighted by Crippen LogP contribution is -2.43. The van der Waals surface area contributed by atoms with E-state index in [1.807, 2.05) is 53.9 Å². The summed E-state index contributed by atoms with van der Waals surface area (Å²) in [5, 5.41) is 2.69. The third-order valence-electron chi connectivity index (χ3n) is 4.29. The molecule has 26 heavy (non-hydrogen) atoms. The van der Waals surface area contributed by atoms with Crippen molar-refractivity contribution in [2.45, 2.75) is 10.9 Å². The van der Waals surface area contributed by atoms with E-state index in [9.17, 15) is 4.79 Å². The normalized spacial score (nSPS) is 22.0. The second-order valence-electron chi connectivity index (χ2n) is 5.83. The van der Waals surface area contributed by atoms with Crippen LogP contribution < -0.4 is 4.74 Å². The minimum atomic E-state index is -0.419. The molecule has 2 aliphatic heterocycles. The van der Waals surface area contributed by atoms with Crippen LogP contribution in [0, 0.1) is 0 Å². The monoisotopic (exact) mass is 492 g/mol. The van der Waals surface area contributed by atoms with Crippen LogP contribution in [0.4, 0.5) is 0 Å². The van der Waals surface area contributed by atoms with Gasteiger partial charge in [0.25, 0.3) is 0 Å². The first-order valence-electron chi connectivity index (χ1n) is 7.91. The zero-order valence-electron chi connectivity index (χ0n) is 13.7. The van der Waals surface area contributed by atoms with Crippen LogP contribution in [-0.4, -0.2) is 27.9 Å². The average Bonchev–Trinajstić information content (AvgIpc) is 3.09. The molecule has 0 radical (unpaired) electrons. The Bertz CT molecular complexity index is 910. The minimum absolute atomic E-state index is 0.00464. The summed E-state index contributed by atoms with van der Waals surface area (Å²) in [4.78, 5) is 19.2. The van der Waals surface area contributed by atoms with E-state index in [2.05, 4.69) is 31.9 Å². The maximum atomic E-state index is 13.1. The zero-order chi connectivity index (χ0) is 18.3. The van der Waals surface area contributed by atoms with Crippen LogP contribution in [0.5, 0.6) is 5.75 Å². The first-order chi connectivity index (χ1) is 12.6. The molecule has 0 bridgehead atoms. The topological polar surface area (TPSA) is 41.9 Å². The molecular formula is C19H14Br2N2O2S. The Morgan fingerprint density at radius 3 is 2.46 bits per heavy atom. The number of thioether (sulfide) groups is 1. The largest absolute Gasteiger partial charge is 0.497 e. The van der Waals surface area contributed by atoms with Gasteiger partial charge in [-0.3, -0.25) is 14.7 Å². The van der Waals surface area contributed by atoms with Crippen LogP contribution in [0.3, 0.4) is 0 Å². The quantitative estimate of drug-likeness (QED) is 0.551. The maximum Gasteiger partial charge on any atom is 0.249 e. The number of halogens is 2. The van der Waals surface area contributed by atoms with Crippen molar-refractivity contribution in [3.8, 4) is 5.75 Å². The lowest BCUT2D eigenvalue weighted by Gasteiger charge is -2.31. The third-order valence-corrected chi connectivity index (χ3v) is 6.55. The van der Waals surface area contributed by atoms with Crippen molar-refractivity contribution in [3.63, 3.8) is 0 Å². The number of amides is 1. The van der Waals surface area contributed by atoms with Crippen molar-refractivity contribution in [2.75, 3.05) is 7.11 Å². The van der Waals surface area contributed by atoms with Gasteiger partial charge in [0.05, 0.1) is 18.8 Å². The van der Waals surface area contributed by atoms with E-state index in [1.165, 1.54) is 11.8 Å². The standard InChI is InChI=1S/C19H14Br2N2O2S/c1-25-14-8-4-12(5-9-14)17-16(21)18(24)23-15(10-26-19(23)22-17)11-2-6-13(20)7-3-11/h2-10,16-17H,1H3/t16-,17+/m1/s1. The van der Waals surface area contributed by atoms with Crippen molar-refractivity contribution < 1.29 is 9.53 Å². The van der Waals surface area contributed by atoms with Crippen LogP contribution in [-0.2, 0) is 4.79 Å². The summed E-state index contributed by atoms with van der Waals surface area (Å²) >= 11 is 8.49. The van der Waals surface area contributed by atoms with Gasteiger partial charge in [-0.15, -0.1) is 0 Å². The molecule has 2 aliphatic rings. The van der Waals surface area contributed by atoms with E-state index in [1.54, 1.807) is 12.0 Å². The lowest BCUT2D eigenvalue weighted by atomic mass is 10.0. The molecule has 4 rings (SSSR count). The maximum absolute atomic E-state index is 13.1. The molecule has 0 spiro atoms. The highest BCUT2D eigenvalue weighted by Crippen LogP contribution is 2.42. The number of benzene rings is 2. The molecule has 0 saturated heterocycles. The first-order valence-corrected chi connectivity index (χ1v) is 10.5.